The first kappa shape index (κ1) is 33.6. The molecule has 1 aromatic carbocycles. The van der Waals surface area contributed by atoms with Crippen molar-refractivity contribution < 1.29 is 27.8 Å². The van der Waals surface area contributed by atoms with Gasteiger partial charge in [0.25, 0.3) is 5.91 Å². The van der Waals surface area contributed by atoms with Crippen molar-refractivity contribution in [1.29, 1.82) is 0 Å². The third-order valence-electron chi connectivity index (χ3n) is 5.78. The van der Waals surface area contributed by atoms with Gasteiger partial charge in [-0.3, -0.25) is 4.79 Å². The van der Waals surface area contributed by atoms with E-state index in [-0.39, 0.29) is 36.7 Å². The molecule has 11 heteroatoms. The van der Waals surface area contributed by atoms with Gasteiger partial charge in [0.2, 0.25) is 10.0 Å². The van der Waals surface area contributed by atoms with Gasteiger partial charge in [-0.1, -0.05) is 26.0 Å². The van der Waals surface area contributed by atoms with Crippen molar-refractivity contribution in [2.24, 2.45) is 17.6 Å². The molecule has 3 unspecified atom stereocenters. The van der Waals surface area contributed by atoms with Gasteiger partial charge in [-0.25, -0.2) is 13.1 Å². The Bertz CT molecular complexity index is 838. The van der Waals surface area contributed by atoms with Crippen LogP contribution in [0.25, 0.3) is 0 Å². The third-order valence-corrected chi connectivity index (χ3v) is 7.59. The number of carbonyl (C=O) groups is 1. The SMILES string of the molecule is COCCCCOc1ccccc1C(=O)NCC(CC(N)C(O)CNS(=O)(=O)C(C)C)C(C)C.Cl. The van der Waals surface area contributed by atoms with Crippen molar-refractivity contribution in [3.8, 4) is 5.75 Å². The molecule has 0 aliphatic rings. The number of methoxy groups -OCH3 is 1. The van der Waals surface area contributed by atoms with Crippen LogP contribution in [-0.2, 0) is 14.8 Å². The molecule has 35 heavy (non-hydrogen) atoms. The fourth-order valence-electron chi connectivity index (χ4n) is 3.25. The summed E-state index contributed by atoms with van der Waals surface area (Å²) in [7, 11) is -1.82. The van der Waals surface area contributed by atoms with Crippen molar-refractivity contribution in [3.05, 3.63) is 29.8 Å². The second-order valence-electron chi connectivity index (χ2n) is 9.17. The molecule has 9 nitrogen and oxygen atoms in total. The van der Waals surface area contributed by atoms with E-state index < -0.39 is 27.4 Å². The van der Waals surface area contributed by atoms with Gasteiger partial charge in [0.15, 0.2) is 0 Å². The number of unbranched alkanes of at least 4 members (excludes halogenated alkanes) is 1. The molecule has 0 radical (unpaired) electrons. The summed E-state index contributed by atoms with van der Waals surface area (Å²) in [5, 5.41) is 12.7. The molecule has 204 valence electrons. The predicted molar refractivity (Wildman–Crippen MR) is 142 cm³/mol. The Morgan fingerprint density at radius 2 is 1.71 bits per heavy atom. The lowest BCUT2D eigenvalue weighted by atomic mass is 9.87. The maximum absolute atomic E-state index is 12.9. The zero-order valence-corrected chi connectivity index (χ0v) is 23.2. The van der Waals surface area contributed by atoms with E-state index in [0.29, 0.717) is 37.5 Å². The molecule has 1 rings (SSSR count). The molecule has 0 aliphatic carbocycles. The van der Waals surface area contributed by atoms with Crippen LogP contribution >= 0.6 is 12.4 Å². The summed E-state index contributed by atoms with van der Waals surface area (Å²) < 4.78 is 37.1. The number of nitrogens with one attached hydrogen (secondary N) is 2. The monoisotopic (exact) mass is 537 g/mol. The van der Waals surface area contributed by atoms with E-state index in [2.05, 4.69) is 10.0 Å². The highest BCUT2D eigenvalue weighted by Crippen LogP contribution is 2.20. The molecule has 0 fully saturated rings. The Balaban J connectivity index is 0.0000116. The summed E-state index contributed by atoms with van der Waals surface area (Å²) in [5.74, 6) is 0.482. The number of carbonyl (C=O) groups excluding carboxylic acids is 1. The van der Waals surface area contributed by atoms with Crippen LogP contribution in [0.3, 0.4) is 0 Å². The Hall–Kier alpha value is -1.43. The van der Waals surface area contributed by atoms with E-state index in [4.69, 9.17) is 15.2 Å². The van der Waals surface area contributed by atoms with E-state index >= 15 is 0 Å². The second kappa shape index (κ2) is 17.1. The number of benzene rings is 1. The fourth-order valence-corrected chi connectivity index (χ4v) is 3.98. The van der Waals surface area contributed by atoms with Gasteiger partial charge in [-0.15, -0.1) is 12.4 Å². The first-order valence-corrected chi connectivity index (χ1v) is 13.4. The number of aliphatic hydroxyl groups excluding tert-OH is 1. The van der Waals surface area contributed by atoms with Crippen LogP contribution in [0.4, 0.5) is 0 Å². The van der Waals surface area contributed by atoms with E-state index in [9.17, 15) is 18.3 Å². The molecule has 1 aromatic rings. The molecule has 0 saturated heterocycles. The van der Waals surface area contributed by atoms with Crippen LogP contribution in [0.15, 0.2) is 24.3 Å². The fraction of sp³-hybridized carbons (Fsp3) is 0.708. The van der Waals surface area contributed by atoms with Gasteiger partial charge < -0.3 is 25.6 Å². The van der Waals surface area contributed by atoms with Crippen LogP contribution in [-0.4, -0.2) is 70.2 Å². The molecule has 0 aliphatic heterocycles. The number of halogens is 1. The highest BCUT2D eigenvalue weighted by atomic mass is 35.5. The lowest BCUT2D eigenvalue weighted by molar-refractivity contribution is 0.0928. The Labute approximate surface area is 217 Å². The van der Waals surface area contributed by atoms with Gasteiger partial charge in [0.05, 0.1) is 23.5 Å². The Morgan fingerprint density at radius 3 is 2.31 bits per heavy atom. The molecule has 0 saturated carbocycles. The van der Waals surface area contributed by atoms with Gasteiger partial charge in [0, 0.05) is 32.8 Å². The summed E-state index contributed by atoms with van der Waals surface area (Å²) in [6.07, 6.45) is 1.11. The Kier molecular flexibility index (Phi) is 16.4. The van der Waals surface area contributed by atoms with E-state index in [0.717, 1.165) is 12.8 Å². The van der Waals surface area contributed by atoms with Crippen molar-refractivity contribution >= 4 is 28.3 Å². The second-order valence-corrected chi connectivity index (χ2v) is 11.5. The van der Waals surface area contributed by atoms with Crippen molar-refractivity contribution in [2.75, 3.05) is 33.4 Å². The normalized spacial score (nSPS) is 14.3. The number of amides is 1. The zero-order chi connectivity index (χ0) is 25.7. The van der Waals surface area contributed by atoms with Crippen LogP contribution in [0, 0.1) is 11.8 Å². The van der Waals surface area contributed by atoms with Crippen LogP contribution in [0.5, 0.6) is 5.75 Å². The van der Waals surface area contributed by atoms with Crippen LogP contribution in [0.2, 0.25) is 0 Å². The van der Waals surface area contributed by atoms with Gasteiger partial charge in [-0.05, 0) is 57.1 Å². The van der Waals surface area contributed by atoms with Crippen LogP contribution in [0.1, 0.15) is 57.3 Å². The lowest BCUT2D eigenvalue weighted by Crippen LogP contribution is -2.46. The quantitative estimate of drug-likeness (QED) is 0.223. The molecule has 0 heterocycles. The summed E-state index contributed by atoms with van der Waals surface area (Å²) >= 11 is 0. The number of aliphatic hydroxyl groups is 1. The molecule has 5 N–H and O–H groups in total. The predicted octanol–water partition coefficient (Wildman–Crippen LogP) is 2.32. The van der Waals surface area contributed by atoms with E-state index in [1.54, 1.807) is 39.2 Å². The minimum Gasteiger partial charge on any atom is -0.493 e. The number of rotatable bonds is 17. The van der Waals surface area contributed by atoms with Gasteiger partial charge in [-0.2, -0.15) is 0 Å². The highest BCUT2D eigenvalue weighted by Gasteiger charge is 2.25. The van der Waals surface area contributed by atoms with Crippen LogP contribution < -0.4 is 20.5 Å². The molecular weight excluding hydrogens is 494 g/mol. The average molecular weight is 538 g/mol. The molecule has 3 atom stereocenters. The summed E-state index contributed by atoms with van der Waals surface area (Å²) in [4.78, 5) is 12.9. The summed E-state index contributed by atoms with van der Waals surface area (Å²) in [6.45, 7) is 8.57. The minimum atomic E-state index is -3.48. The summed E-state index contributed by atoms with van der Waals surface area (Å²) in [6, 6.07) is 6.47. The number of nitrogens with two attached hydrogens (primary N) is 1. The molecule has 0 spiro atoms. The van der Waals surface area contributed by atoms with Crippen molar-refractivity contribution in [3.63, 3.8) is 0 Å². The Morgan fingerprint density at radius 1 is 1.09 bits per heavy atom. The summed E-state index contributed by atoms with van der Waals surface area (Å²) in [5.41, 5.74) is 6.63. The van der Waals surface area contributed by atoms with Gasteiger partial charge >= 0.3 is 0 Å². The van der Waals surface area contributed by atoms with Gasteiger partial charge in [0.1, 0.15) is 5.75 Å². The third kappa shape index (κ3) is 12.4. The minimum absolute atomic E-state index is 0. The first-order valence-electron chi connectivity index (χ1n) is 11.9. The topological polar surface area (TPSA) is 140 Å². The highest BCUT2D eigenvalue weighted by molar-refractivity contribution is 7.90. The number of ether oxygens (including phenoxy) is 2. The number of hydrogen-bond donors (Lipinski definition) is 4. The van der Waals surface area contributed by atoms with Crippen molar-refractivity contribution in [2.45, 2.75) is 64.4 Å². The standard InChI is InChI=1S/C24H43N3O6S.ClH/c1-17(2)19(14-21(25)22(28)16-27-34(30,31)18(3)4)15-26-24(29)20-10-6-7-11-23(20)33-13-9-8-12-32-5;/h6-7,10-11,17-19,21-22,27-28H,8-9,12-16,25H2,1-5H3,(H,26,29);1H. The first-order chi connectivity index (χ1) is 16.0. The van der Waals surface area contributed by atoms with E-state index in [1.807, 2.05) is 19.9 Å². The smallest absolute Gasteiger partial charge is 0.255 e. The number of sulfonamides is 1. The largest absolute Gasteiger partial charge is 0.493 e. The number of hydrogen-bond acceptors (Lipinski definition) is 7. The molecule has 0 aromatic heterocycles. The molecule has 1 amide bonds. The lowest BCUT2D eigenvalue weighted by Gasteiger charge is -2.27. The number of para-hydroxylation sites is 1. The zero-order valence-electron chi connectivity index (χ0n) is 21.5. The van der Waals surface area contributed by atoms with Crippen molar-refractivity contribution in [1.82, 2.24) is 10.0 Å². The average Bonchev–Trinajstić information content (AvgIpc) is 2.79. The molecule has 0 bridgehead atoms. The van der Waals surface area contributed by atoms with E-state index in [1.165, 1.54) is 0 Å². The molecular formula is C24H44ClN3O6S. The maximum Gasteiger partial charge on any atom is 0.255 e. The maximum atomic E-state index is 12.9.